The summed E-state index contributed by atoms with van der Waals surface area (Å²) in [5, 5.41) is 2.85. The van der Waals surface area contributed by atoms with Crippen LogP contribution >= 0.6 is 0 Å². The molecule has 1 aromatic carbocycles. The van der Waals surface area contributed by atoms with Crippen LogP contribution in [0, 0.1) is 5.92 Å². The van der Waals surface area contributed by atoms with Gasteiger partial charge in [-0.25, -0.2) is 13.1 Å². The molecule has 6 nitrogen and oxygen atoms in total. The summed E-state index contributed by atoms with van der Waals surface area (Å²) in [6.45, 7) is 1.29. The predicted octanol–water partition coefficient (Wildman–Crippen LogP) is 0.810. The van der Waals surface area contributed by atoms with Gasteiger partial charge in [-0.1, -0.05) is 36.8 Å². The molecule has 1 aromatic rings. The smallest absolute Gasteiger partial charge is 0.213 e. The molecule has 0 saturated heterocycles. The van der Waals surface area contributed by atoms with Crippen molar-refractivity contribution in [2.45, 2.75) is 25.8 Å². The van der Waals surface area contributed by atoms with Crippen molar-refractivity contribution in [1.29, 1.82) is 0 Å². The van der Waals surface area contributed by atoms with Crippen LogP contribution in [0.4, 0.5) is 0 Å². The van der Waals surface area contributed by atoms with Crippen LogP contribution in [-0.2, 0) is 16.6 Å². The molecule has 2 rings (SSSR count). The van der Waals surface area contributed by atoms with E-state index in [1.807, 2.05) is 30.3 Å². The van der Waals surface area contributed by atoms with E-state index in [9.17, 15) is 8.42 Å². The molecule has 0 spiro atoms. The molecule has 0 heterocycles. The van der Waals surface area contributed by atoms with E-state index in [1.165, 1.54) is 19.3 Å². The molecule has 1 saturated carbocycles. The number of sulfonamides is 1. The van der Waals surface area contributed by atoms with Crippen molar-refractivity contribution in [2.75, 3.05) is 18.8 Å². The summed E-state index contributed by atoms with van der Waals surface area (Å²) < 4.78 is 26.3. The van der Waals surface area contributed by atoms with Gasteiger partial charge >= 0.3 is 0 Å². The fraction of sp³-hybridized carbons (Fsp3) is 0.533. The molecular formula is C15H24N4O2S. The molecule has 4 N–H and O–H groups in total. The predicted molar refractivity (Wildman–Crippen MR) is 88.9 cm³/mol. The highest BCUT2D eigenvalue weighted by Gasteiger charge is 2.16. The monoisotopic (exact) mass is 324 g/mol. The summed E-state index contributed by atoms with van der Waals surface area (Å²) in [4.78, 5) is 4.23. The van der Waals surface area contributed by atoms with Crippen molar-refractivity contribution in [1.82, 2.24) is 10.0 Å². The molecule has 1 fully saturated rings. The van der Waals surface area contributed by atoms with Crippen LogP contribution in [0.15, 0.2) is 35.3 Å². The van der Waals surface area contributed by atoms with E-state index in [1.54, 1.807) is 0 Å². The molecule has 0 aliphatic heterocycles. The number of nitrogens with one attached hydrogen (secondary N) is 2. The number of guanidine groups is 1. The summed E-state index contributed by atoms with van der Waals surface area (Å²) >= 11 is 0. The summed E-state index contributed by atoms with van der Waals surface area (Å²) in [5.74, 6) is 0.946. The molecule has 122 valence electrons. The fourth-order valence-electron chi connectivity index (χ4n) is 2.13. The summed E-state index contributed by atoms with van der Waals surface area (Å²) in [6.07, 6.45) is 3.71. The van der Waals surface area contributed by atoms with Gasteiger partial charge in [0.25, 0.3) is 0 Å². The number of hydrogen-bond acceptors (Lipinski definition) is 3. The summed E-state index contributed by atoms with van der Waals surface area (Å²) in [6, 6.07) is 9.42. The van der Waals surface area contributed by atoms with Gasteiger partial charge in [0.2, 0.25) is 10.0 Å². The average molecular weight is 324 g/mol. The topological polar surface area (TPSA) is 96.6 Å². The van der Waals surface area contributed by atoms with Crippen molar-refractivity contribution in [3.8, 4) is 0 Å². The standard InChI is InChI=1S/C15H24N4O2S/c16-15(18-11-13-7-4-8-13)17-9-10-22(20,21)19-12-14-5-2-1-3-6-14/h1-3,5-6,13,19H,4,7-12H2,(H3,16,17,18). The lowest BCUT2D eigenvalue weighted by Crippen LogP contribution is -2.38. The molecule has 0 amide bonds. The van der Waals surface area contributed by atoms with Crippen LogP contribution < -0.4 is 15.8 Å². The van der Waals surface area contributed by atoms with E-state index in [0.29, 0.717) is 18.4 Å². The van der Waals surface area contributed by atoms with Gasteiger partial charge in [-0.2, -0.15) is 0 Å². The molecule has 22 heavy (non-hydrogen) atoms. The Morgan fingerprint density at radius 2 is 2.00 bits per heavy atom. The van der Waals surface area contributed by atoms with Crippen molar-refractivity contribution in [3.63, 3.8) is 0 Å². The van der Waals surface area contributed by atoms with E-state index in [-0.39, 0.29) is 12.3 Å². The van der Waals surface area contributed by atoms with Crippen LogP contribution in [0.25, 0.3) is 0 Å². The van der Waals surface area contributed by atoms with Gasteiger partial charge in [0.15, 0.2) is 5.96 Å². The van der Waals surface area contributed by atoms with Gasteiger partial charge in [-0.05, 0) is 24.3 Å². The Morgan fingerprint density at radius 1 is 1.27 bits per heavy atom. The molecule has 0 bridgehead atoms. The fourth-order valence-corrected chi connectivity index (χ4v) is 3.04. The lowest BCUT2D eigenvalue weighted by molar-refractivity contribution is 0.326. The number of aliphatic imine (C=N–C) groups is 1. The summed E-state index contributed by atoms with van der Waals surface area (Å²) in [5.41, 5.74) is 6.65. The van der Waals surface area contributed by atoms with Gasteiger partial charge in [0.05, 0.1) is 5.75 Å². The first-order valence-electron chi connectivity index (χ1n) is 7.60. The Morgan fingerprint density at radius 3 is 2.64 bits per heavy atom. The number of benzene rings is 1. The van der Waals surface area contributed by atoms with Crippen LogP contribution in [0.2, 0.25) is 0 Å². The third-order valence-corrected chi connectivity index (χ3v) is 5.09. The van der Waals surface area contributed by atoms with Gasteiger partial charge in [-0.3, -0.25) is 4.99 Å². The van der Waals surface area contributed by atoms with Crippen molar-refractivity contribution >= 4 is 16.0 Å². The highest BCUT2D eigenvalue weighted by molar-refractivity contribution is 7.89. The second-order valence-corrected chi connectivity index (χ2v) is 7.50. The van der Waals surface area contributed by atoms with E-state index < -0.39 is 10.0 Å². The first-order chi connectivity index (χ1) is 10.6. The third kappa shape index (κ3) is 6.03. The number of hydrogen-bond donors (Lipinski definition) is 3. The molecule has 0 radical (unpaired) electrons. The van der Waals surface area contributed by atoms with E-state index >= 15 is 0 Å². The van der Waals surface area contributed by atoms with E-state index in [4.69, 9.17) is 5.73 Å². The molecule has 1 aliphatic carbocycles. The Balaban J connectivity index is 1.66. The minimum absolute atomic E-state index is 0.0283. The zero-order chi connectivity index (χ0) is 15.8. The average Bonchev–Trinajstić information content (AvgIpc) is 2.45. The van der Waals surface area contributed by atoms with Crippen LogP contribution in [0.1, 0.15) is 24.8 Å². The van der Waals surface area contributed by atoms with E-state index in [2.05, 4.69) is 15.0 Å². The van der Waals surface area contributed by atoms with Crippen molar-refractivity contribution in [3.05, 3.63) is 35.9 Å². The van der Waals surface area contributed by atoms with Crippen LogP contribution in [0.5, 0.6) is 0 Å². The Labute approximate surface area is 132 Å². The minimum atomic E-state index is -3.32. The molecule has 0 aromatic heterocycles. The Bertz CT molecular complexity index is 583. The number of nitrogens with zero attached hydrogens (tertiary/aromatic N) is 1. The number of rotatable bonds is 8. The van der Waals surface area contributed by atoms with Gasteiger partial charge < -0.3 is 11.1 Å². The first-order valence-corrected chi connectivity index (χ1v) is 9.25. The molecule has 0 atom stereocenters. The molecular weight excluding hydrogens is 300 g/mol. The quantitative estimate of drug-likeness (QED) is 0.487. The van der Waals surface area contributed by atoms with Crippen molar-refractivity contribution in [2.24, 2.45) is 16.6 Å². The van der Waals surface area contributed by atoms with Gasteiger partial charge in [-0.15, -0.1) is 0 Å². The maximum absolute atomic E-state index is 11.9. The second-order valence-electron chi connectivity index (χ2n) is 5.58. The largest absolute Gasteiger partial charge is 0.370 e. The van der Waals surface area contributed by atoms with E-state index in [0.717, 1.165) is 12.1 Å². The number of nitrogens with two attached hydrogens (primary N) is 1. The highest BCUT2D eigenvalue weighted by Crippen LogP contribution is 2.26. The second kappa shape index (κ2) is 8.14. The summed E-state index contributed by atoms with van der Waals surface area (Å²) in [7, 11) is -3.32. The molecule has 0 unspecified atom stereocenters. The lowest BCUT2D eigenvalue weighted by atomic mass is 9.86. The normalized spacial score (nSPS) is 16.3. The Kier molecular flexibility index (Phi) is 6.21. The van der Waals surface area contributed by atoms with Gasteiger partial charge in [0, 0.05) is 19.6 Å². The highest BCUT2D eigenvalue weighted by atomic mass is 32.2. The van der Waals surface area contributed by atoms with Gasteiger partial charge in [0.1, 0.15) is 0 Å². The maximum atomic E-state index is 11.9. The van der Waals surface area contributed by atoms with Crippen LogP contribution in [-0.4, -0.2) is 33.2 Å². The first kappa shape index (κ1) is 16.8. The van der Waals surface area contributed by atoms with Crippen molar-refractivity contribution < 1.29 is 8.42 Å². The zero-order valence-corrected chi connectivity index (χ0v) is 13.5. The van der Waals surface area contributed by atoms with Crippen LogP contribution in [0.3, 0.4) is 0 Å². The zero-order valence-electron chi connectivity index (χ0n) is 12.7. The lowest BCUT2D eigenvalue weighted by Gasteiger charge is -2.23. The molecule has 1 aliphatic rings. The minimum Gasteiger partial charge on any atom is -0.370 e. The Hall–Kier alpha value is -1.60. The third-order valence-electron chi connectivity index (χ3n) is 3.76. The molecule has 7 heteroatoms. The maximum Gasteiger partial charge on any atom is 0.213 e. The SMILES string of the molecule is NC(=NCC1CCC1)NCCS(=O)(=O)NCc1ccccc1.